The van der Waals surface area contributed by atoms with Gasteiger partial charge in [-0.1, -0.05) is 452 Å². The minimum atomic E-state index is -1.87. The van der Waals surface area contributed by atoms with Crippen molar-refractivity contribution in [2.24, 2.45) is 0 Å². The van der Waals surface area contributed by atoms with Crippen LogP contribution in [0.15, 0.2) is 121 Å². The van der Waals surface area contributed by atoms with Gasteiger partial charge in [-0.15, -0.1) is 0 Å². The van der Waals surface area contributed by atoms with Gasteiger partial charge >= 0.3 is 0 Å². The molecular formula is C81H133NP2Si4. The minimum Gasteiger partial charge on any atom is -0.241 e. The molecular weight excluding hydrogens is 1160 g/mol. The van der Waals surface area contributed by atoms with Gasteiger partial charge in [0.15, 0.2) is 0 Å². The van der Waals surface area contributed by atoms with E-state index < -0.39 is 48.4 Å². The molecule has 1 nitrogen and oxygen atoms in total. The molecule has 0 aromatic heterocycles. The van der Waals surface area contributed by atoms with E-state index in [1.54, 1.807) is 53.1 Å². The zero-order valence-electron chi connectivity index (χ0n) is 59.3. The smallest absolute Gasteiger partial charge is 0.0867 e. The summed E-state index contributed by atoms with van der Waals surface area (Å²) < 4.78 is 3.36. The van der Waals surface area contributed by atoms with Gasteiger partial charge in [0.25, 0.3) is 0 Å². The molecule has 0 heterocycles. The van der Waals surface area contributed by atoms with Crippen LogP contribution in [-0.2, 0) is 12.8 Å². The van der Waals surface area contributed by atoms with Crippen molar-refractivity contribution in [2.45, 2.75) is 329 Å². The molecule has 0 saturated heterocycles. The van der Waals surface area contributed by atoms with Crippen LogP contribution in [0.3, 0.4) is 0 Å². The van der Waals surface area contributed by atoms with E-state index >= 15 is 0 Å². The van der Waals surface area contributed by atoms with E-state index in [9.17, 15) is 0 Å². The number of unbranched alkanes of at least 4 members (excludes halogenated alkanes) is 12. The Morgan fingerprint density at radius 2 is 0.511 bits per heavy atom. The normalized spacial score (nSPS) is 13.4. The highest BCUT2D eigenvalue weighted by Gasteiger charge is 2.43. The summed E-state index contributed by atoms with van der Waals surface area (Å²) in [7, 11) is -9.24. The topological polar surface area (TPSA) is 3.24 Å². The van der Waals surface area contributed by atoms with Gasteiger partial charge in [0.05, 0.1) is 32.3 Å². The summed E-state index contributed by atoms with van der Waals surface area (Å²) in [5.41, 5.74) is 3.17. The van der Waals surface area contributed by atoms with Crippen LogP contribution in [-0.4, -0.2) is 42.8 Å². The van der Waals surface area contributed by atoms with E-state index in [2.05, 4.69) is 209 Å². The lowest BCUT2D eigenvalue weighted by atomic mass is 10.1. The molecule has 0 atom stereocenters. The fourth-order valence-electron chi connectivity index (χ4n) is 16.1. The van der Waals surface area contributed by atoms with Crippen LogP contribution in [0.5, 0.6) is 0 Å². The lowest BCUT2D eigenvalue weighted by molar-refractivity contribution is 0.519. The molecule has 488 valence electrons. The summed E-state index contributed by atoms with van der Waals surface area (Å²) in [6.07, 6.45) is 34.2. The van der Waals surface area contributed by atoms with Gasteiger partial charge in [-0.3, -0.25) is 0 Å². The van der Waals surface area contributed by atoms with Crippen LogP contribution in [0.1, 0.15) is 248 Å². The quantitative estimate of drug-likeness (QED) is 0.0277. The monoisotopic (exact) mass is 1290 g/mol. The van der Waals surface area contributed by atoms with Crippen LogP contribution in [0.25, 0.3) is 0 Å². The van der Waals surface area contributed by atoms with Crippen molar-refractivity contribution in [3.05, 3.63) is 132 Å². The molecule has 88 heavy (non-hydrogen) atoms. The average molecular weight is 1300 g/mol. The predicted octanol–water partition coefficient (Wildman–Crippen LogP) is 22.8. The maximum absolute atomic E-state index is 3.36. The first-order chi connectivity index (χ1) is 43.0. The molecule has 1 aliphatic carbocycles. The first-order valence-electron chi connectivity index (χ1n) is 37.9. The Hall–Kier alpha value is -2.21. The maximum atomic E-state index is 3.36. The Morgan fingerprint density at radius 3 is 0.761 bits per heavy atom. The molecule has 0 saturated carbocycles. The van der Waals surface area contributed by atoms with Crippen molar-refractivity contribution >= 4 is 90.4 Å². The molecule has 0 amide bonds. The summed E-state index contributed by atoms with van der Waals surface area (Å²) in [4.78, 5) is 0. The van der Waals surface area contributed by atoms with Crippen LogP contribution < -0.4 is 42.0 Å². The zero-order chi connectivity index (χ0) is 63.1. The lowest BCUT2D eigenvalue weighted by Gasteiger charge is -2.44. The molecule has 0 fully saturated rings. The molecule has 0 aliphatic heterocycles. The van der Waals surface area contributed by atoms with E-state index in [1.165, 1.54) is 227 Å². The number of hydrogen-bond acceptors (Lipinski definition) is 1. The van der Waals surface area contributed by atoms with E-state index in [0.29, 0.717) is 6.04 Å². The molecule has 1 aliphatic rings. The second kappa shape index (κ2) is 40.1. The number of benzene rings is 5. The first-order valence-corrected chi connectivity index (χ1v) is 51.0. The zero-order valence-corrected chi connectivity index (χ0v) is 65.1. The molecule has 5 aromatic rings. The second-order valence-corrected chi connectivity index (χ2v) is 51.4. The fourth-order valence-corrected chi connectivity index (χ4v) is 45.1. The maximum Gasteiger partial charge on any atom is 0.0867 e. The van der Waals surface area contributed by atoms with Crippen LogP contribution in [0.2, 0.25) is 72.5 Å². The molecule has 0 bridgehead atoms. The van der Waals surface area contributed by atoms with Crippen molar-refractivity contribution in [2.75, 3.05) is 0 Å². The van der Waals surface area contributed by atoms with Crippen molar-refractivity contribution in [3.63, 3.8) is 0 Å². The number of nitrogens with zero attached hydrogens (tertiary/aromatic N) is 1. The van der Waals surface area contributed by atoms with Gasteiger partial charge in [0.2, 0.25) is 0 Å². The summed E-state index contributed by atoms with van der Waals surface area (Å²) >= 11 is 0. The largest absolute Gasteiger partial charge is 0.241 e. The lowest BCUT2D eigenvalue weighted by Crippen LogP contribution is -2.50. The predicted molar refractivity (Wildman–Crippen MR) is 416 cm³/mol. The third-order valence-corrected chi connectivity index (χ3v) is 49.3. The highest BCUT2D eigenvalue weighted by atomic mass is 31.2. The van der Waals surface area contributed by atoms with Gasteiger partial charge in [-0.2, -0.15) is 0 Å². The first kappa shape index (κ1) is 74.8. The standard InChI is InChI=1S/C81H133NP2Si4/c1-13-25-55-85(56-26-14-2,57-27-15-3)78-51-47-74(48-52-78)83(75-49-53-79(54-50-75)86(58-28-16-4,59-29-17-5)60-30-18-6)82(73-67-71-41-37-38-42-72(71)68-73)84(76-43-39-45-80(69-76)87(61-31-19-7,62-32-20-8)63-33-21-9)77-44-40-46-81(70-77)88(64-34-22-10,65-35-23-11)66-36-24-12/h37-54,69-70,73H,13-36,55-68H2,1-12H3. The van der Waals surface area contributed by atoms with Crippen LogP contribution in [0.4, 0.5) is 0 Å². The third-order valence-electron chi connectivity index (χ3n) is 21.7. The van der Waals surface area contributed by atoms with Gasteiger partial charge in [0, 0.05) is 22.2 Å². The molecule has 0 unspecified atom stereocenters. The van der Waals surface area contributed by atoms with Crippen LogP contribution >= 0.6 is 16.1 Å². The van der Waals surface area contributed by atoms with Gasteiger partial charge in [0.1, 0.15) is 0 Å². The Balaban J connectivity index is 1.78. The van der Waals surface area contributed by atoms with E-state index in [-0.39, 0.29) is 0 Å². The molecule has 5 aromatic carbocycles. The SMILES string of the molecule is CCCC[Si](CCCC)(CCCC)c1ccc(P(c2ccc([Si](CCCC)(CCCC)CCCC)cc2)N(C2Cc3ccccc3C2)P(c2cccc([Si](CCCC)(CCCC)CCCC)c2)c2cccc([Si](CCCC)(CCCC)CCCC)c2)cc1. The van der Waals surface area contributed by atoms with Crippen molar-refractivity contribution in [1.82, 2.24) is 4.44 Å². The Kier molecular flexibility index (Phi) is 34.1. The number of fused-ring (bicyclic) bond motifs is 1. The van der Waals surface area contributed by atoms with Gasteiger partial charge in [-0.25, -0.2) is 4.44 Å². The van der Waals surface area contributed by atoms with Crippen molar-refractivity contribution in [1.29, 1.82) is 0 Å². The summed E-state index contributed by atoms with van der Waals surface area (Å²) in [5.74, 6) is 0. The minimum absolute atomic E-state index is 0.380. The molecule has 0 spiro atoms. The summed E-state index contributed by atoms with van der Waals surface area (Å²) in [6.45, 7) is 29.4. The summed E-state index contributed by atoms with van der Waals surface area (Å²) in [5, 5.41) is 13.6. The summed E-state index contributed by atoms with van der Waals surface area (Å²) in [6, 6.07) is 71.4. The number of hydrogen-bond donors (Lipinski definition) is 0. The van der Waals surface area contributed by atoms with Gasteiger partial charge < -0.3 is 0 Å². The van der Waals surface area contributed by atoms with Crippen LogP contribution in [0, 0.1) is 0 Å². The Bertz CT molecular complexity index is 2400. The van der Waals surface area contributed by atoms with Gasteiger partial charge in [-0.05, 0) is 45.2 Å². The average Bonchev–Trinajstić information content (AvgIpc) is 1.65. The second-order valence-electron chi connectivity index (χ2n) is 28.3. The van der Waals surface area contributed by atoms with Crippen molar-refractivity contribution < 1.29 is 0 Å². The third kappa shape index (κ3) is 20.2. The molecule has 6 rings (SSSR count). The Morgan fingerprint density at radius 1 is 0.273 bits per heavy atom. The molecule has 7 heteroatoms. The fraction of sp³-hybridized carbons (Fsp3) is 0.630. The highest BCUT2D eigenvalue weighted by Crippen LogP contribution is 2.58. The van der Waals surface area contributed by atoms with E-state index in [1.807, 2.05) is 0 Å². The van der Waals surface area contributed by atoms with E-state index in [4.69, 9.17) is 0 Å². The molecule has 0 N–H and O–H groups in total. The highest BCUT2D eigenvalue weighted by molar-refractivity contribution is 7.84. The van der Waals surface area contributed by atoms with Crippen molar-refractivity contribution in [3.8, 4) is 0 Å². The molecule has 0 radical (unpaired) electrons. The number of rotatable bonds is 47. The van der Waals surface area contributed by atoms with E-state index in [0.717, 1.165) is 12.8 Å². The Labute approximate surface area is 552 Å².